The van der Waals surface area contributed by atoms with Gasteiger partial charge in [0.2, 0.25) is 5.88 Å². The number of anilines is 1. The van der Waals surface area contributed by atoms with Crippen LogP contribution in [0.25, 0.3) is 17.0 Å². The van der Waals surface area contributed by atoms with Crippen molar-refractivity contribution in [3.05, 3.63) is 69.3 Å². The molecule has 0 unspecified atom stereocenters. The molecule has 3 aromatic rings. The van der Waals surface area contributed by atoms with E-state index in [4.69, 9.17) is 8.83 Å². The maximum absolute atomic E-state index is 12.4. The number of carbonyl (C=O) groups excluding carboxylic acids is 2. The molecular formula is C20H14N2O6. The Hall–Kier alpha value is -4.12. The number of rotatable bonds is 4. The van der Waals surface area contributed by atoms with Gasteiger partial charge in [0.25, 0.3) is 5.91 Å². The third-order valence-corrected chi connectivity index (χ3v) is 3.94. The van der Waals surface area contributed by atoms with Gasteiger partial charge in [0.1, 0.15) is 34.8 Å². The van der Waals surface area contributed by atoms with E-state index in [0.29, 0.717) is 11.0 Å². The highest BCUT2D eigenvalue weighted by atomic mass is 16.5. The summed E-state index contributed by atoms with van der Waals surface area (Å²) in [5.41, 5.74) is 0.135. The average molecular weight is 378 g/mol. The molecule has 0 aliphatic rings. The molecule has 1 N–H and O–H groups in total. The van der Waals surface area contributed by atoms with E-state index in [0.717, 1.165) is 6.08 Å². The van der Waals surface area contributed by atoms with Crippen LogP contribution in [0.2, 0.25) is 0 Å². The number of methoxy groups -OCH3 is 1. The summed E-state index contributed by atoms with van der Waals surface area (Å²) in [6.45, 7) is 1.47. The lowest BCUT2D eigenvalue weighted by atomic mass is 10.1. The fourth-order valence-corrected chi connectivity index (χ4v) is 2.61. The molecule has 0 bridgehead atoms. The number of hydrogen-bond donors (Lipinski definition) is 1. The Morgan fingerprint density at radius 1 is 1.29 bits per heavy atom. The number of esters is 1. The Labute approximate surface area is 158 Å². The highest BCUT2D eigenvalue weighted by molar-refractivity contribution is 6.03. The van der Waals surface area contributed by atoms with E-state index in [1.807, 2.05) is 6.07 Å². The monoisotopic (exact) mass is 378 g/mol. The summed E-state index contributed by atoms with van der Waals surface area (Å²) < 4.78 is 15.3. The lowest BCUT2D eigenvalue weighted by Gasteiger charge is -1.99. The van der Waals surface area contributed by atoms with Crippen molar-refractivity contribution in [3.63, 3.8) is 0 Å². The predicted molar refractivity (Wildman–Crippen MR) is 99.6 cm³/mol. The van der Waals surface area contributed by atoms with E-state index in [2.05, 4.69) is 10.1 Å². The summed E-state index contributed by atoms with van der Waals surface area (Å²) in [4.78, 5) is 36.3. The number of amides is 1. The number of para-hydroxylation sites is 1. The molecule has 0 aliphatic heterocycles. The number of hydrogen-bond acceptors (Lipinski definition) is 7. The maximum atomic E-state index is 12.4. The van der Waals surface area contributed by atoms with Crippen molar-refractivity contribution in [2.75, 3.05) is 12.4 Å². The lowest BCUT2D eigenvalue weighted by Crippen LogP contribution is -2.10. The Kier molecular flexibility index (Phi) is 5.09. The minimum Gasteiger partial charge on any atom is -0.465 e. The van der Waals surface area contributed by atoms with Crippen LogP contribution in [-0.2, 0) is 9.53 Å². The molecule has 0 saturated carbocycles. The van der Waals surface area contributed by atoms with Crippen molar-refractivity contribution in [1.82, 2.24) is 0 Å². The normalized spacial score (nSPS) is 10.8. The van der Waals surface area contributed by atoms with E-state index in [1.165, 1.54) is 26.4 Å². The first-order valence-electron chi connectivity index (χ1n) is 8.07. The number of carbonyl (C=O) groups is 2. The standard InChI is InChI=1S/C20H14N2O6/c1-11-17(20(25)26-2)14(9-21)19(28-11)22-16(23)8-7-12-10-27-15-6-4-3-5-13(15)18(12)24/h3-8,10H,1-2H3,(H,22,23)/b8-7+. The van der Waals surface area contributed by atoms with Crippen molar-refractivity contribution in [1.29, 1.82) is 5.26 Å². The van der Waals surface area contributed by atoms with Crippen LogP contribution in [0, 0.1) is 18.3 Å². The molecular weight excluding hydrogens is 364 g/mol. The fourth-order valence-electron chi connectivity index (χ4n) is 2.61. The minimum absolute atomic E-state index is 0.0561. The number of benzene rings is 1. The molecule has 0 radical (unpaired) electrons. The smallest absolute Gasteiger partial charge is 0.342 e. The van der Waals surface area contributed by atoms with Crippen molar-refractivity contribution in [2.45, 2.75) is 6.92 Å². The summed E-state index contributed by atoms with van der Waals surface area (Å²) in [6, 6.07) is 8.55. The molecule has 0 saturated heterocycles. The van der Waals surface area contributed by atoms with Gasteiger partial charge in [0.15, 0.2) is 5.43 Å². The number of ether oxygens (including phenoxy) is 1. The van der Waals surface area contributed by atoms with E-state index in [1.54, 1.807) is 24.3 Å². The summed E-state index contributed by atoms with van der Waals surface area (Å²) in [6.07, 6.45) is 3.63. The first-order valence-corrected chi connectivity index (χ1v) is 8.07. The third-order valence-electron chi connectivity index (χ3n) is 3.94. The molecule has 8 heteroatoms. The zero-order valence-corrected chi connectivity index (χ0v) is 14.9. The van der Waals surface area contributed by atoms with Gasteiger partial charge >= 0.3 is 5.97 Å². The molecule has 140 valence electrons. The predicted octanol–water partition coefficient (Wildman–Crippen LogP) is 3.00. The second-order valence-corrected chi connectivity index (χ2v) is 5.68. The lowest BCUT2D eigenvalue weighted by molar-refractivity contribution is -0.111. The van der Waals surface area contributed by atoms with Crippen LogP contribution in [0.3, 0.4) is 0 Å². The van der Waals surface area contributed by atoms with Gasteiger partial charge in [-0.3, -0.25) is 14.9 Å². The van der Waals surface area contributed by atoms with Crippen molar-refractivity contribution >= 4 is 34.8 Å². The van der Waals surface area contributed by atoms with Crippen LogP contribution in [-0.4, -0.2) is 19.0 Å². The number of fused-ring (bicyclic) bond motifs is 1. The van der Waals surface area contributed by atoms with E-state index >= 15 is 0 Å². The largest absolute Gasteiger partial charge is 0.465 e. The van der Waals surface area contributed by atoms with E-state index < -0.39 is 11.9 Å². The van der Waals surface area contributed by atoms with Crippen LogP contribution in [0.1, 0.15) is 27.2 Å². The molecule has 28 heavy (non-hydrogen) atoms. The van der Waals surface area contributed by atoms with Gasteiger partial charge in [-0.2, -0.15) is 5.26 Å². The quantitative estimate of drug-likeness (QED) is 0.547. The Morgan fingerprint density at radius 3 is 2.75 bits per heavy atom. The van der Waals surface area contributed by atoms with Crippen LogP contribution in [0.5, 0.6) is 0 Å². The molecule has 0 fully saturated rings. The van der Waals surface area contributed by atoms with Crippen molar-refractivity contribution in [2.24, 2.45) is 0 Å². The van der Waals surface area contributed by atoms with Crippen LogP contribution < -0.4 is 10.7 Å². The first kappa shape index (κ1) is 18.7. The Morgan fingerprint density at radius 2 is 2.04 bits per heavy atom. The highest BCUT2D eigenvalue weighted by Crippen LogP contribution is 2.27. The van der Waals surface area contributed by atoms with Crippen molar-refractivity contribution in [3.8, 4) is 6.07 Å². The number of nitrogens with zero attached hydrogens (tertiary/aromatic N) is 1. The van der Waals surface area contributed by atoms with Gasteiger partial charge in [-0.1, -0.05) is 12.1 Å². The highest BCUT2D eigenvalue weighted by Gasteiger charge is 2.25. The second-order valence-electron chi connectivity index (χ2n) is 5.68. The topological polar surface area (TPSA) is 123 Å². The molecule has 1 amide bonds. The van der Waals surface area contributed by atoms with Gasteiger partial charge in [-0.25, -0.2) is 4.79 Å². The molecule has 8 nitrogen and oxygen atoms in total. The molecule has 0 atom stereocenters. The van der Waals surface area contributed by atoms with Crippen LogP contribution in [0.15, 0.2) is 50.2 Å². The van der Waals surface area contributed by atoms with Crippen LogP contribution in [0.4, 0.5) is 5.88 Å². The van der Waals surface area contributed by atoms with E-state index in [9.17, 15) is 19.6 Å². The summed E-state index contributed by atoms with van der Waals surface area (Å²) in [7, 11) is 1.17. The molecule has 3 rings (SSSR count). The number of aryl methyl sites for hydroxylation is 1. The number of nitriles is 1. The molecule has 0 aliphatic carbocycles. The zero-order valence-electron chi connectivity index (χ0n) is 14.9. The summed E-state index contributed by atoms with van der Waals surface area (Å²) >= 11 is 0. The van der Waals surface area contributed by atoms with Crippen molar-refractivity contribution < 1.29 is 23.2 Å². The zero-order chi connectivity index (χ0) is 20.3. The molecule has 2 aromatic heterocycles. The Bertz CT molecular complexity index is 1210. The minimum atomic E-state index is -0.748. The SMILES string of the molecule is COC(=O)c1c(C)oc(NC(=O)/C=C/c2coc3ccccc3c2=O)c1C#N. The van der Waals surface area contributed by atoms with Gasteiger partial charge in [-0.15, -0.1) is 0 Å². The van der Waals surface area contributed by atoms with Gasteiger partial charge in [0, 0.05) is 6.08 Å². The van der Waals surface area contributed by atoms with Gasteiger partial charge in [-0.05, 0) is 25.1 Å². The summed E-state index contributed by atoms with van der Waals surface area (Å²) in [5, 5.41) is 12.0. The molecule has 1 aromatic carbocycles. The fraction of sp³-hybridized carbons (Fsp3) is 0.100. The van der Waals surface area contributed by atoms with E-state index in [-0.39, 0.29) is 33.8 Å². The maximum Gasteiger partial charge on any atom is 0.342 e. The van der Waals surface area contributed by atoms with Gasteiger partial charge < -0.3 is 13.6 Å². The van der Waals surface area contributed by atoms with Gasteiger partial charge in [0.05, 0.1) is 18.1 Å². The van der Waals surface area contributed by atoms with Crippen LogP contribution >= 0.6 is 0 Å². The Balaban J connectivity index is 1.86. The summed E-state index contributed by atoms with van der Waals surface area (Å²) in [5.74, 6) is -1.45. The first-order chi connectivity index (χ1) is 13.5. The second kappa shape index (κ2) is 7.63. The number of nitrogens with one attached hydrogen (secondary N) is 1. The third kappa shape index (κ3) is 3.41. The molecule has 2 heterocycles. The average Bonchev–Trinajstić information content (AvgIpc) is 3.01. The molecule has 0 spiro atoms. The number of furan rings is 1.